The third-order valence-corrected chi connectivity index (χ3v) is 6.41. The molecule has 2 amide bonds. The molecule has 2 aliphatic rings. The molecular weight excluding hydrogens is 482 g/mol. The first-order valence-corrected chi connectivity index (χ1v) is 12.4. The van der Waals surface area contributed by atoms with Crippen LogP contribution in [0.4, 0.5) is 0 Å². The van der Waals surface area contributed by atoms with Gasteiger partial charge in [0, 0.05) is 18.5 Å². The third kappa shape index (κ3) is 5.02. The van der Waals surface area contributed by atoms with Crippen molar-refractivity contribution in [3.63, 3.8) is 0 Å². The van der Waals surface area contributed by atoms with Gasteiger partial charge in [0.2, 0.25) is 5.88 Å². The highest BCUT2D eigenvalue weighted by Crippen LogP contribution is 2.40. The second-order valence-electron chi connectivity index (χ2n) is 8.77. The van der Waals surface area contributed by atoms with Crippen molar-refractivity contribution in [1.29, 1.82) is 5.26 Å². The molecule has 0 fully saturated rings. The van der Waals surface area contributed by atoms with Gasteiger partial charge in [-0.3, -0.25) is 14.5 Å². The number of hydrogen-bond acceptors (Lipinski definition) is 7. The van der Waals surface area contributed by atoms with Crippen LogP contribution in [0.3, 0.4) is 0 Å². The molecule has 0 saturated carbocycles. The zero-order chi connectivity index (χ0) is 27.2. The van der Waals surface area contributed by atoms with Crippen molar-refractivity contribution >= 4 is 17.8 Å². The van der Waals surface area contributed by atoms with Gasteiger partial charge in [0.25, 0.3) is 11.8 Å². The number of rotatable bonds is 7. The highest BCUT2D eigenvalue weighted by Gasteiger charge is 2.37. The second kappa shape index (κ2) is 11.5. The lowest BCUT2D eigenvalue weighted by Gasteiger charge is -2.27. The van der Waals surface area contributed by atoms with E-state index in [0.29, 0.717) is 48.1 Å². The molecule has 1 atom stereocenters. The molecular formula is C30H27N3O5. The molecule has 0 aromatic heterocycles. The van der Waals surface area contributed by atoms with E-state index < -0.39 is 11.9 Å². The smallest absolute Gasteiger partial charge is 0.338 e. The number of benzene rings is 2. The summed E-state index contributed by atoms with van der Waals surface area (Å²) in [5.74, 6) is 4.64. The minimum Gasteiger partial charge on any atom is -0.463 e. The van der Waals surface area contributed by atoms with Gasteiger partial charge in [0.1, 0.15) is 17.4 Å². The third-order valence-electron chi connectivity index (χ3n) is 6.41. The van der Waals surface area contributed by atoms with Gasteiger partial charge in [-0.1, -0.05) is 42.2 Å². The summed E-state index contributed by atoms with van der Waals surface area (Å²) >= 11 is 0. The van der Waals surface area contributed by atoms with E-state index >= 15 is 0 Å². The minimum atomic E-state index is -0.771. The summed E-state index contributed by atoms with van der Waals surface area (Å²) in [4.78, 5) is 39.1. The van der Waals surface area contributed by atoms with Crippen molar-refractivity contribution in [2.75, 3.05) is 13.2 Å². The second-order valence-corrected chi connectivity index (χ2v) is 8.77. The monoisotopic (exact) mass is 509 g/mol. The standard InChI is InChI=1S/C30H27N3O5/c1-3-37-30(36)25-19(2)38-27(32)24(18-31)26(25)21-14-8-7-13-20(21)12-6-4-5-11-17-33-28(34)22-15-9-10-16-23(22)29(33)35/h7-10,13-16,26H,3-5,11,17,32H2,1-2H3. The van der Waals surface area contributed by atoms with Gasteiger partial charge in [-0.15, -0.1) is 0 Å². The van der Waals surface area contributed by atoms with E-state index in [2.05, 4.69) is 17.9 Å². The zero-order valence-corrected chi connectivity index (χ0v) is 21.2. The van der Waals surface area contributed by atoms with Crippen LogP contribution in [0.15, 0.2) is 71.3 Å². The molecule has 0 spiro atoms. The molecule has 2 aromatic rings. The van der Waals surface area contributed by atoms with E-state index in [-0.39, 0.29) is 41.2 Å². The molecule has 2 N–H and O–H groups in total. The van der Waals surface area contributed by atoms with Crippen LogP contribution in [0.1, 0.15) is 70.9 Å². The fourth-order valence-electron chi connectivity index (χ4n) is 4.61. The normalized spacial score (nSPS) is 16.4. The summed E-state index contributed by atoms with van der Waals surface area (Å²) in [5.41, 5.74) is 8.53. The number of carbonyl (C=O) groups is 3. The van der Waals surface area contributed by atoms with E-state index in [4.69, 9.17) is 15.2 Å². The maximum Gasteiger partial charge on any atom is 0.338 e. The lowest BCUT2D eigenvalue weighted by Crippen LogP contribution is -2.30. The molecule has 8 nitrogen and oxygen atoms in total. The van der Waals surface area contributed by atoms with E-state index in [1.807, 2.05) is 12.1 Å². The van der Waals surface area contributed by atoms with Crippen molar-refractivity contribution in [2.24, 2.45) is 5.73 Å². The number of amides is 2. The Balaban J connectivity index is 1.48. The van der Waals surface area contributed by atoms with Gasteiger partial charge >= 0.3 is 5.97 Å². The zero-order valence-electron chi connectivity index (χ0n) is 21.2. The van der Waals surface area contributed by atoms with Gasteiger partial charge in [-0.05, 0) is 50.5 Å². The maximum absolute atomic E-state index is 12.8. The molecule has 0 radical (unpaired) electrons. The largest absolute Gasteiger partial charge is 0.463 e. The Bertz CT molecular complexity index is 1430. The van der Waals surface area contributed by atoms with Crippen molar-refractivity contribution in [3.8, 4) is 17.9 Å². The van der Waals surface area contributed by atoms with Crippen LogP contribution >= 0.6 is 0 Å². The molecule has 2 aliphatic heterocycles. The molecule has 0 aliphatic carbocycles. The Morgan fingerprint density at radius 1 is 1.08 bits per heavy atom. The molecule has 0 bridgehead atoms. The average molecular weight is 510 g/mol. The number of nitrogens with two attached hydrogens (primary N) is 1. The van der Waals surface area contributed by atoms with Crippen LogP contribution in [0, 0.1) is 23.2 Å². The predicted molar refractivity (Wildman–Crippen MR) is 139 cm³/mol. The van der Waals surface area contributed by atoms with Gasteiger partial charge in [-0.2, -0.15) is 5.26 Å². The van der Waals surface area contributed by atoms with Crippen LogP contribution in [-0.2, 0) is 14.3 Å². The fourth-order valence-corrected chi connectivity index (χ4v) is 4.61. The predicted octanol–water partition coefficient (Wildman–Crippen LogP) is 4.15. The Kier molecular flexibility index (Phi) is 7.94. The quantitative estimate of drug-likeness (QED) is 0.257. The topological polar surface area (TPSA) is 123 Å². The first kappa shape index (κ1) is 26.2. The van der Waals surface area contributed by atoms with E-state index in [1.165, 1.54) is 4.90 Å². The minimum absolute atomic E-state index is 0.0565. The SMILES string of the molecule is CCOC(=O)C1=C(C)OC(N)=C(C#N)C1c1ccccc1C#CCCCCN1C(=O)c2ccccc2C1=O. The Hall–Kier alpha value is -4.82. The van der Waals surface area contributed by atoms with E-state index in [9.17, 15) is 19.6 Å². The number of carbonyl (C=O) groups excluding carboxylic acids is 3. The summed E-state index contributed by atoms with van der Waals surface area (Å²) < 4.78 is 10.7. The molecule has 2 aromatic carbocycles. The van der Waals surface area contributed by atoms with Gasteiger partial charge < -0.3 is 15.2 Å². The first-order valence-electron chi connectivity index (χ1n) is 12.4. The van der Waals surface area contributed by atoms with Gasteiger partial charge in [0.05, 0.1) is 29.2 Å². The molecule has 192 valence electrons. The molecule has 2 heterocycles. The van der Waals surface area contributed by atoms with Crippen molar-refractivity contribution in [3.05, 3.63) is 93.6 Å². The van der Waals surface area contributed by atoms with Crippen LogP contribution in [-0.4, -0.2) is 35.8 Å². The number of allylic oxidation sites excluding steroid dienone is 2. The van der Waals surface area contributed by atoms with E-state index in [0.717, 1.165) is 0 Å². The number of imide groups is 1. The Morgan fingerprint density at radius 3 is 2.39 bits per heavy atom. The number of nitriles is 1. The summed E-state index contributed by atoms with van der Waals surface area (Å²) in [5, 5.41) is 9.83. The van der Waals surface area contributed by atoms with Gasteiger partial charge in [-0.25, -0.2) is 4.79 Å². The molecule has 8 heteroatoms. The lowest BCUT2D eigenvalue weighted by molar-refractivity contribution is -0.139. The molecule has 0 saturated heterocycles. The highest BCUT2D eigenvalue weighted by molar-refractivity contribution is 6.21. The van der Waals surface area contributed by atoms with E-state index in [1.54, 1.807) is 50.2 Å². The van der Waals surface area contributed by atoms with Crippen molar-refractivity contribution in [1.82, 2.24) is 4.90 Å². The van der Waals surface area contributed by atoms with Crippen molar-refractivity contribution in [2.45, 2.75) is 39.0 Å². The maximum atomic E-state index is 12.8. The van der Waals surface area contributed by atoms with Gasteiger partial charge in [0.15, 0.2) is 0 Å². The fraction of sp³-hybridized carbons (Fsp3) is 0.267. The summed E-state index contributed by atoms with van der Waals surface area (Å²) in [6.07, 6.45) is 1.84. The summed E-state index contributed by atoms with van der Waals surface area (Å²) in [6.45, 7) is 3.82. The Labute approximate surface area is 221 Å². The lowest BCUT2D eigenvalue weighted by atomic mass is 9.81. The molecule has 38 heavy (non-hydrogen) atoms. The number of fused-ring (bicyclic) bond motifs is 1. The molecule has 1 unspecified atom stereocenters. The first-order chi connectivity index (χ1) is 18.4. The summed E-state index contributed by atoms with van der Waals surface area (Å²) in [7, 11) is 0. The number of hydrogen-bond donors (Lipinski definition) is 1. The summed E-state index contributed by atoms with van der Waals surface area (Å²) in [6, 6.07) is 16.2. The van der Waals surface area contributed by atoms with Crippen LogP contribution in [0.2, 0.25) is 0 Å². The Morgan fingerprint density at radius 2 is 1.74 bits per heavy atom. The number of unbranched alkanes of at least 4 members (excludes halogenated alkanes) is 2. The van der Waals surface area contributed by atoms with Crippen LogP contribution < -0.4 is 5.73 Å². The number of nitrogens with zero attached hydrogens (tertiary/aromatic N) is 2. The molecule has 4 rings (SSSR count). The van der Waals surface area contributed by atoms with Crippen LogP contribution in [0.25, 0.3) is 0 Å². The number of esters is 1. The number of ether oxygens (including phenoxy) is 2. The van der Waals surface area contributed by atoms with Crippen molar-refractivity contribution < 1.29 is 23.9 Å². The highest BCUT2D eigenvalue weighted by atomic mass is 16.5. The average Bonchev–Trinajstić information content (AvgIpc) is 3.15. The van der Waals surface area contributed by atoms with Crippen LogP contribution in [0.5, 0.6) is 0 Å².